The van der Waals surface area contributed by atoms with Gasteiger partial charge in [-0.3, -0.25) is 9.36 Å². The molecule has 40 heavy (non-hydrogen) atoms. The van der Waals surface area contributed by atoms with E-state index in [1.54, 1.807) is 68.5 Å². The van der Waals surface area contributed by atoms with Gasteiger partial charge in [0.05, 0.1) is 52.7 Å². The molecule has 0 amide bonds. The highest BCUT2D eigenvalue weighted by Crippen LogP contribution is 2.36. The van der Waals surface area contributed by atoms with Crippen molar-refractivity contribution in [2.24, 2.45) is 4.99 Å². The van der Waals surface area contributed by atoms with Crippen LogP contribution in [0.25, 0.3) is 17.4 Å². The monoisotopic (exact) mass is 598 g/mol. The molecule has 2 aromatic carbocycles. The summed E-state index contributed by atoms with van der Waals surface area (Å²) in [7, 11) is 3.06. The minimum atomic E-state index is -0.797. The molecule has 0 radical (unpaired) electrons. The number of fused-ring (bicyclic) bond motifs is 1. The van der Waals surface area contributed by atoms with E-state index in [0.717, 1.165) is 0 Å². The van der Waals surface area contributed by atoms with Gasteiger partial charge in [0.15, 0.2) is 16.3 Å². The largest absolute Gasteiger partial charge is 0.493 e. The number of methoxy groups -OCH3 is 2. The zero-order valence-electron chi connectivity index (χ0n) is 22.0. The van der Waals surface area contributed by atoms with Crippen molar-refractivity contribution < 1.29 is 23.4 Å². The van der Waals surface area contributed by atoms with E-state index < -0.39 is 12.0 Å². The van der Waals surface area contributed by atoms with Crippen molar-refractivity contribution in [1.29, 1.82) is 0 Å². The van der Waals surface area contributed by atoms with Crippen molar-refractivity contribution in [2.45, 2.75) is 19.9 Å². The summed E-state index contributed by atoms with van der Waals surface area (Å²) in [5, 5.41) is 0.787. The summed E-state index contributed by atoms with van der Waals surface area (Å²) in [5.74, 6) is 1.38. The Kier molecular flexibility index (Phi) is 7.89. The van der Waals surface area contributed by atoms with E-state index in [1.165, 1.54) is 30.1 Å². The number of nitrogens with zero attached hydrogens (tertiary/aromatic N) is 2. The molecule has 1 atom stereocenters. The molecule has 1 unspecified atom stereocenters. The van der Waals surface area contributed by atoms with E-state index in [1.807, 2.05) is 0 Å². The zero-order chi connectivity index (χ0) is 28.6. The number of halogens is 2. The van der Waals surface area contributed by atoms with Gasteiger partial charge < -0.3 is 18.6 Å². The third-order valence-corrected chi connectivity index (χ3v) is 8.16. The molecule has 0 aliphatic carbocycles. The van der Waals surface area contributed by atoms with Crippen molar-refractivity contribution in [3.05, 3.63) is 101 Å². The summed E-state index contributed by atoms with van der Waals surface area (Å²) in [5.41, 5.74) is 1.67. The normalized spacial score (nSPS) is 15.1. The average Bonchev–Trinajstić information content (AvgIpc) is 3.53. The Morgan fingerprint density at radius 2 is 1.90 bits per heavy atom. The number of esters is 1. The topological polar surface area (TPSA) is 92.3 Å². The number of benzene rings is 2. The van der Waals surface area contributed by atoms with Crippen LogP contribution in [0.5, 0.6) is 11.5 Å². The highest BCUT2D eigenvalue weighted by Gasteiger charge is 2.34. The molecule has 1 aliphatic heterocycles. The molecule has 2 aromatic heterocycles. The molecule has 0 bridgehead atoms. The Morgan fingerprint density at radius 3 is 2.62 bits per heavy atom. The predicted molar refractivity (Wildman–Crippen MR) is 154 cm³/mol. The van der Waals surface area contributed by atoms with Gasteiger partial charge in [0.1, 0.15) is 11.5 Å². The van der Waals surface area contributed by atoms with Crippen molar-refractivity contribution in [2.75, 3.05) is 20.8 Å². The highest BCUT2D eigenvalue weighted by molar-refractivity contribution is 7.07. The van der Waals surface area contributed by atoms with Crippen LogP contribution in [0.2, 0.25) is 10.0 Å². The maximum Gasteiger partial charge on any atom is 0.338 e. The van der Waals surface area contributed by atoms with Crippen LogP contribution in [0, 0.1) is 0 Å². The molecule has 3 heterocycles. The molecule has 0 spiro atoms. The van der Waals surface area contributed by atoms with Gasteiger partial charge in [-0.15, -0.1) is 0 Å². The van der Waals surface area contributed by atoms with Gasteiger partial charge in [0.2, 0.25) is 0 Å². The minimum absolute atomic E-state index is 0.177. The van der Waals surface area contributed by atoms with Gasteiger partial charge in [-0.25, -0.2) is 9.79 Å². The van der Waals surface area contributed by atoms with Crippen LogP contribution < -0.4 is 24.4 Å². The molecule has 0 fully saturated rings. The van der Waals surface area contributed by atoms with Crippen LogP contribution in [0.1, 0.15) is 31.2 Å². The Bertz CT molecular complexity index is 1840. The van der Waals surface area contributed by atoms with Gasteiger partial charge in [0, 0.05) is 11.6 Å². The van der Waals surface area contributed by atoms with Crippen molar-refractivity contribution >= 4 is 46.6 Å². The predicted octanol–water partition coefficient (Wildman–Crippen LogP) is 5.38. The summed E-state index contributed by atoms with van der Waals surface area (Å²) < 4.78 is 24.1. The smallest absolute Gasteiger partial charge is 0.338 e. The van der Waals surface area contributed by atoms with Crippen LogP contribution in [-0.4, -0.2) is 31.4 Å². The van der Waals surface area contributed by atoms with E-state index in [4.69, 9.17) is 41.8 Å². The number of carbonyl (C=O) groups is 1. The molecule has 1 aliphatic rings. The van der Waals surface area contributed by atoms with Gasteiger partial charge in [-0.05, 0) is 55.8 Å². The second-order valence-electron chi connectivity index (χ2n) is 8.72. The minimum Gasteiger partial charge on any atom is -0.493 e. The molecule has 4 aromatic rings. The van der Waals surface area contributed by atoms with Crippen LogP contribution in [0.15, 0.2) is 74.0 Å². The zero-order valence-corrected chi connectivity index (χ0v) is 24.3. The SMILES string of the molecule is CCOC(=O)C1=C(C)N=c2s/c(=C/c3ccc(-c4cccc(Cl)c4Cl)o3)c(=O)n2C1c1ccc(OC)c(OC)c1. The molecular formula is C29H24Cl2N2O6S. The molecular weight excluding hydrogens is 575 g/mol. The summed E-state index contributed by atoms with van der Waals surface area (Å²) in [4.78, 5) is 32.0. The van der Waals surface area contributed by atoms with Crippen LogP contribution in [-0.2, 0) is 9.53 Å². The van der Waals surface area contributed by atoms with Gasteiger partial charge >= 0.3 is 5.97 Å². The van der Waals surface area contributed by atoms with Crippen molar-refractivity contribution in [1.82, 2.24) is 4.57 Å². The maximum atomic E-state index is 13.9. The third-order valence-electron chi connectivity index (χ3n) is 6.36. The summed E-state index contributed by atoms with van der Waals surface area (Å²) >= 11 is 13.7. The molecule has 5 rings (SSSR count). The number of thiazole rings is 1. The van der Waals surface area contributed by atoms with Crippen LogP contribution in [0.3, 0.4) is 0 Å². The Hall–Kier alpha value is -3.79. The molecule has 206 valence electrons. The number of ether oxygens (including phenoxy) is 3. The lowest BCUT2D eigenvalue weighted by atomic mass is 9.95. The van der Waals surface area contributed by atoms with E-state index in [-0.39, 0.29) is 17.7 Å². The summed E-state index contributed by atoms with van der Waals surface area (Å²) in [6, 6.07) is 13.2. The van der Waals surface area contributed by atoms with Gasteiger partial charge in [-0.2, -0.15) is 0 Å². The first-order valence-electron chi connectivity index (χ1n) is 12.2. The second kappa shape index (κ2) is 11.4. The molecule has 0 saturated heterocycles. The first-order chi connectivity index (χ1) is 19.3. The quantitative estimate of drug-likeness (QED) is 0.265. The summed E-state index contributed by atoms with van der Waals surface area (Å²) in [6.45, 7) is 3.63. The van der Waals surface area contributed by atoms with E-state index in [9.17, 15) is 9.59 Å². The lowest BCUT2D eigenvalue weighted by molar-refractivity contribution is -0.139. The summed E-state index contributed by atoms with van der Waals surface area (Å²) in [6.07, 6.45) is 1.64. The Balaban J connectivity index is 1.66. The van der Waals surface area contributed by atoms with Gasteiger partial charge in [-0.1, -0.05) is 46.7 Å². The lowest BCUT2D eigenvalue weighted by Gasteiger charge is -2.25. The number of hydrogen-bond donors (Lipinski definition) is 0. The fraction of sp³-hybridized carbons (Fsp3) is 0.207. The van der Waals surface area contributed by atoms with Gasteiger partial charge in [0.25, 0.3) is 5.56 Å². The van der Waals surface area contributed by atoms with Crippen LogP contribution >= 0.6 is 34.5 Å². The Morgan fingerprint density at radius 1 is 1.12 bits per heavy atom. The second-order valence-corrected chi connectivity index (χ2v) is 10.5. The molecule has 0 N–H and O–H groups in total. The first-order valence-corrected chi connectivity index (χ1v) is 13.8. The van der Waals surface area contributed by atoms with E-state index in [0.29, 0.717) is 59.2 Å². The number of carbonyl (C=O) groups excluding carboxylic acids is 1. The molecule has 8 nitrogen and oxygen atoms in total. The number of furan rings is 1. The fourth-order valence-corrected chi connectivity index (χ4v) is 5.95. The highest BCUT2D eigenvalue weighted by atomic mass is 35.5. The van der Waals surface area contributed by atoms with Crippen molar-refractivity contribution in [3.63, 3.8) is 0 Å². The van der Waals surface area contributed by atoms with Crippen molar-refractivity contribution in [3.8, 4) is 22.8 Å². The van der Waals surface area contributed by atoms with Crippen LogP contribution in [0.4, 0.5) is 0 Å². The number of rotatable bonds is 7. The Labute approximate surface area is 243 Å². The lowest BCUT2D eigenvalue weighted by Crippen LogP contribution is -2.39. The average molecular weight is 599 g/mol. The molecule has 0 saturated carbocycles. The van der Waals surface area contributed by atoms with E-state index in [2.05, 4.69) is 4.99 Å². The fourth-order valence-electron chi connectivity index (χ4n) is 4.53. The number of allylic oxidation sites excluding steroid dienone is 1. The number of aromatic nitrogens is 1. The number of hydrogen-bond acceptors (Lipinski definition) is 8. The maximum absolute atomic E-state index is 13.9. The standard InChI is InChI=1S/C29H24Cl2N2O6S/c1-5-38-28(35)24-15(2)32-29-33(26(24)16-9-11-21(36-3)22(13-16)37-4)27(34)23(40-29)14-17-10-12-20(39-17)18-7-6-8-19(30)25(18)31/h6-14,26H,5H2,1-4H3/b23-14+. The first kappa shape index (κ1) is 27.8. The third kappa shape index (κ3) is 4.96. The molecule has 11 heteroatoms. The van der Waals surface area contributed by atoms with E-state index >= 15 is 0 Å².